The second-order valence-corrected chi connectivity index (χ2v) is 6.59. The van der Waals surface area contributed by atoms with Crippen molar-refractivity contribution in [1.29, 1.82) is 0 Å². The van der Waals surface area contributed by atoms with Crippen molar-refractivity contribution in [2.24, 2.45) is 7.05 Å². The molecule has 0 fully saturated rings. The highest BCUT2D eigenvalue weighted by molar-refractivity contribution is 7.99. The van der Waals surface area contributed by atoms with E-state index in [1.807, 2.05) is 12.1 Å². The third-order valence-corrected chi connectivity index (χ3v) is 4.78. The van der Waals surface area contributed by atoms with Crippen LogP contribution in [-0.4, -0.2) is 26.3 Å². The number of rotatable bonds is 5. The fraction of sp³-hybridized carbons (Fsp3) is 0.118. The van der Waals surface area contributed by atoms with Crippen molar-refractivity contribution in [1.82, 2.24) is 14.8 Å². The summed E-state index contributed by atoms with van der Waals surface area (Å²) in [6.07, 6.45) is 0. The van der Waals surface area contributed by atoms with Gasteiger partial charge in [-0.3, -0.25) is 4.79 Å². The normalized spacial score (nSPS) is 10.9. The van der Waals surface area contributed by atoms with Crippen LogP contribution in [-0.2, 0) is 7.05 Å². The second-order valence-electron chi connectivity index (χ2n) is 5.21. The average Bonchev–Trinajstić information content (AvgIpc) is 2.96. The van der Waals surface area contributed by atoms with E-state index in [0.29, 0.717) is 16.0 Å². The fourth-order valence-corrected chi connectivity index (χ4v) is 3.11. The van der Waals surface area contributed by atoms with Crippen LogP contribution >= 0.6 is 23.4 Å². The first-order valence-electron chi connectivity index (χ1n) is 7.22. The lowest BCUT2D eigenvalue weighted by atomic mass is 10.1. The zero-order valence-electron chi connectivity index (χ0n) is 13.0. The molecule has 0 aliphatic carbocycles. The molecular weight excluding hydrogens is 368 g/mol. The third kappa shape index (κ3) is 3.88. The van der Waals surface area contributed by atoms with E-state index >= 15 is 0 Å². The molecule has 3 aromatic rings. The Bertz CT molecular complexity index is 928. The molecule has 1 heterocycles. The number of thioether (sulfide) groups is 1. The van der Waals surface area contributed by atoms with Gasteiger partial charge >= 0.3 is 0 Å². The van der Waals surface area contributed by atoms with E-state index in [1.165, 1.54) is 17.8 Å². The van der Waals surface area contributed by atoms with Gasteiger partial charge in [-0.15, -0.1) is 10.2 Å². The van der Waals surface area contributed by atoms with Crippen molar-refractivity contribution in [3.05, 3.63) is 64.7 Å². The van der Waals surface area contributed by atoms with Gasteiger partial charge in [0.2, 0.25) is 0 Å². The first-order chi connectivity index (χ1) is 12.0. The van der Waals surface area contributed by atoms with Crippen molar-refractivity contribution < 1.29 is 13.6 Å². The summed E-state index contributed by atoms with van der Waals surface area (Å²) in [5.74, 6) is -1.67. The minimum absolute atomic E-state index is 0.0393. The van der Waals surface area contributed by atoms with E-state index in [2.05, 4.69) is 10.2 Å². The summed E-state index contributed by atoms with van der Waals surface area (Å²) in [6, 6.07) is 10.3. The zero-order valence-corrected chi connectivity index (χ0v) is 14.6. The molecule has 0 saturated carbocycles. The smallest absolute Gasteiger partial charge is 0.191 e. The van der Waals surface area contributed by atoms with Crippen molar-refractivity contribution in [3.63, 3.8) is 0 Å². The number of carbonyl (C=O) groups excluding carboxylic acids is 1. The van der Waals surface area contributed by atoms with Crippen molar-refractivity contribution in [2.75, 3.05) is 5.75 Å². The van der Waals surface area contributed by atoms with E-state index in [1.54, 1.807) is 23.7 Å². The molecule has 0 amide bonds. The number of Topliss-reactive ketones (excluding diaryl/α,β-unsaturated/α-hetero) is 1. The molecular formula is C17H12ClF2N3OS. The van der Waals surface area contributed by atoms with Crippen LogP contribution < -0.4 is 0 Å². The first kappa shape index (κ1) is 17.6. The number of hydrogen-bond acceptors (Lipinski definition) is 4. The minimum Gasteiger partial charge on any atom is -0.305 e. The molecule has 0 unspecified atom stereocenters. The van der Waals surface area contributed by atoms with Gasteiger partial charge in [0.25, 0.3) is 0 Å². The Morgan fingerprint density at radius 1 is 1.12 bits per heavy atom. The Balaban J connectivity index is 1.72. The van der Waals surface area contributed by atoms with Crippen LogP contribution in [0.4, 0.5) is 8.78 Å². The van der Waals surface area contributed by atoms with Crippen LogP contribution in [0.2, 0.25) is 5.02 Å². The highest BCUT2D eigenvalue weighted by Crippen LogP contribution is 2.24. The van der Waals surface area contributed by atoms with E-state index < -0.39 is 11.6 Å². The number of nitrogens with zero attached hydrogens (tertiary/aromatic N) is 3. The number of benzene rings is 2. The number of ketones is 1. The average molecular weight is 380 g/mol. The quantitative estimate of drug-likeness (QED) is 0.487. The highest BCUT2D eigenvalue weighted by atomic mass is 35.5. The monoisotopic (exact) mass is 379 g/mol. The van der Waals surface area contributed by atoms with Crippen LogP contribution in [0.5, 0.6) is 0 Å². The molecule has 0 saturated heterocycles. The van der Waals surface area contributed by atoms with Crippen molar-refractivity contribution in [3.8, 4) is 11.4 Å². The summed E-state index contributed by atoms with van der Waals surface area (Å²) < 4.78 is 27.9. The molecule has 128 valence electrons. The van der Waals surface area contributed by atoms with Crippen LogP contribution in [0.15, 0.2) is 47.6 Å². The largest absolute Gasteiger partial charge is 0.305 e. The van der Waals surface area contributed by atoms with Crippen molar-refractivity contribution >= 4 is 29.1 Å². The molecule has 8 heteroatoms. The zero-order chi connectivity index (χ0) is 18.0. The van der Waals surface area contributed by atoms with Gasteiger partial charge in [0.05, 0.1) is 5.75 Å². The maximum atomic E-state index is 13.2. The van der Waals surface area contributed by atoms with Gasteiger partial charge in [0.15, 0.2) is 28.4 Å². The summed E-state index contributed by atoms with van der Waals surface area (Å²) in [4.78, 5) is 12.1. The van der Waals surface area contributed by atoms with E-state index in [4.69, 9.17) is 11.6 Å². The van der Waals surface area contributed by atoms with E-state index in [9.17, 15) is 13.6 Å². The lowest BCUT2D eigenvalue weighted by molar-refractivity contribution is 0.102. The lowest BCUT2D eigenvalue weighted by Crippen LogP contribution is -2.05. The van der Waals surface area contributed by atoms with Gasteiger partial charge in [0.1, 0.15) is 0 Å². The van der Waals surface area contributed by atoms with Crippen LogP contribution in [0.3, 0.4) is 0 Å². The third-order valence-electron chi connectivity index (χ3n) is 3.51. The summed E-state index contributed by atoms with van der Waals surface area (Å²) in [5.41, 5.74) is 0.963. The van der Waals surface area contributed by atoms with Gasteiger partial charge in [-0.2, -0.15) is 0 Å². The van der Waals surface area contributed by atoms with E-state index in [-0.39, 0.29) is 17.1 Å². The molecule has 0 radical (unpaired) electrons. The molecule has 0 bridgehead atoms. The predicted molar refractivity (Wildman–Crippen MR) is 92.9 cm³/mol. The summed E-state index contributed by atoms with van der Waals surface area (Å²) >= 11 is 7.05. The Morgan fingerprint density at radius 2 is 1.84 bits per heavy atom. The predicted octanol–water partition coefficient (Wildman–Crippen LogP) is 4.39. The molecule has 3 rings (SSSR count). The SMILES string of the molecule is Cn1c(SCC(=O)c2ccc(F)c(F)c2)nnc1-c1ccc(Cl)cc1. The van der Waals surface area contributed by atoms with Crippen molar-refractivity contribution in [2.45, 2.75) is 5.16 Å². The van der Waals surface area contributed by atoms with Gasteiger partial charge in [0, 0.05) is 23.2 Å². The summed E-state index contributed by atoms with van der Waals surface area (Å²) in [5, 5.41) is 9.35. The Kier molecular flexibility index (Phi) is 5.15. The number of hydrogen-bond donors (Lipinski definition) is 0. The number of carbonyl (C=O) groups is 1. The van der Waals surface area contributed by atoms with Crippen LogP contribution in [0, 0.1) is 11.6 Å². The molecule has 4 nitrogen and oxygen atoms in total. The first-order valence-corrected chi connectivity index (χ1v) is 8.58. The molecule has 0 aliphatic rings. The molecule has 0 N–H and O–H groups in total. The van der Waals surface area contributed by atoms with Gasteiger partial charge in [-0.1, -0.05) is 23.4 Å². The maximum Gasteiger partial charge on any atom is 0.191 e. The van der Waals surface area contributed by atoms with Gasteiger partial charge in [-0.05, 0) is 42.5 Å². The highest BCUT2D eigenvalue weighted by Gasteiger charge is 2.15. The number of aromatic nitrogens is 3. The van der Waals surface area contributed by atoms with E-state index in [0.717, 1.165) is 17.7 Å². The van der Waals surface area contributed by atoms with Gasteiger partial charge in [-0.25, -0.2) is 8.78 Å². The summed E-state index contributed by atoms with van der Waals surface area (Å²) in [6.45, 7) is 0. The molecule has 0 aliphatic heterocycles. The molecule has 2 aromatic carbocycles. The Morgan fingerprint density at radius 3 is 2.52 bits per heavy atom. The lowest BCUT2D eigenvalue weighted by Gasteiger charge is -2.04. The summed E-state index contributed by atoms with van der Waals surface area (Å²) in [7, 11) is 1.79. The second kappa shape index (κ2) is 7.33. The Hall–Kier alpha value is -2.25. The minimum atomic E-state index is -1.04. The topological polar surface area (TPSA) is 47.8 Å². The molecule has 0 atom stereocenters. The Labute approximate surface area is 151 Å². The number of halogens is 3. The van der Waals surface area contributed by atoms with Crippen LogP contribution in [0.1, 0.15) is 10.4 Å². The maximum absolute atomic E-state index is 13.2. The fourth-order valence-electron chi connectivity index (χ4n) is 2.17. The molecule has 25 heavy (non-hydrogen) atoms. The van der Waals surface area contributed by atoms with Gasteiger partial charge < -0.3 is 4.57 Å². The molecule has 0 spiro atoms. The standard InChI is InChI=1S/C17H12ClF2N3OS/c1-23-16(10-2-5-12(18)6-3-10)21-22-17(23)25-9-15(24)11-4-7-13(19)14(20)8-11/h2-8H,9H2,1H3. The molecule has 1 aromatic heterocycles. The van der Waals surface area contributed by atoms with Crippen LogP contribution in [0.25, 0.3) is 11.4 Å².